The third kappa shape index (κ3) is 6.10. The zero-order valence-corrected chi connectivity index (χ0v) is 26.3. The molecule has 0 bridgehead atoms. The van der Waals surface area contributed by atoms with Gasteiger partial charge < -0.3 is 0 Å². The van der Waals surface area contributed by atoms with Crippen molar-refractivity contribution in [2.45, 2.75) is 95.8 Å². The summed E-state index contributed by atoms with van der Waals surface area (Å²) in [6.45, 7) is 4.70. The number of hydrogen-bond donors (Lipinski definition) is 0. The molecule has 207 valence electrons. The summed E-state index contributed by atoms with van der Waals surface area (Å²) in [4.78, 5) is 0. The van der Waals surface area contributed by atoms with E-state index in [0.29, 0.717) is 0 Å². The Morgan fingerprint density at radius 2 is 1.15 bits per heavy atom. The van der Waals surface area contributed by atoms with E-state index in [1.165, 1.54) is 92.0 Å². The van der Waals surface area contributed by atoms with Crippen LogP contribution in [0.15, 0.2) is 96.6 Å². The lowest BCUT2D eigenvalue weighted by molar-refractivity contribution is 0.508. The molecule has 0 saturated heterocycles. The maximum Gasteiger partial charge on any atom is 0.0384 e. The molecule has 6 rings (SSSR count). The lowest BCUT2D eigenvalue weighted by Gasteiger charge is -2.47. The van der Waals surface area contributed by atoms with E-state index in [0.717, 1.165) is 17.7 Å². The minimum Gasteiger partial charge on any atom is -0.0830 e. The van der Waals surface area contributed by atoms with E-state index >= 15 is 0 Å². The summed E-state index contributed by atoms with van der Waals surface area (Å²) in [6, 6.07) is 30.1. The normalized spacial score (nSPS) is 20.9. The van der Waals surface area contributed by atoms with Crippen molar-refractivity contribution in [2.75, 3.05) is 0 Å². The van der Waals surface area contributed by atoms with Crippen LogP contribution in [-0.2, 0) is 0 Å². The van der Waals surface area contributed by atoms with Gasteiger partial charge in [0, 0.05) is 5.66 Å². The molecule has 3 aromatic rings. The molecule has 0 nitrogen and oxygen atoms in total. The standard InChI is InChI=1S/C38H45P2/c1-29-15-12-13-23-36(29)38-30(2)16-14-24-37(38)40(34-21-10-5-11-22-34)39(33-19-8-4-9-20-33)35-27-25-32(26-28-35)31-17-6-3-7-18-31/h3,6-7,12-18,23,25-28,33-34H,4-5,8-11,19-22,24H2,1-2H3/t39-,40-/m0/s1. The molecule has 0 unspecified atom stereocenters. The second kappa shape index (κ2) is 13.3. The van der Waals surface area contributed by atoms with Gasteiger partial charge in [0.2, 0.25) is 0 Å². The fourth-order valence-electron chi connectivity index (χ4n) is 7.32. The Balaban J connectivity index is 1.46. The number of allylic oxidation sites excluding steroid dienone is 4. The van der Waals surface area contributed by atoms with Crippen LogP contribution in [0, 0.1) is 12.6 Å². The van der Waals surface area contributed by atoms with Crippen molar-refractivity contribution in [1.29, 1.82) is 0 Å². The molecule has 0 spiro atoms. The van der Waals surface area contributed by atoms with E-state index in [4.69, 9.17) is 0 Å². The molecule has 3 aromatic carbocycles. The maximum atomic E-state index is 2.56. The van der Waals surface area contributed by atoms with E-state index in [9.17, 15) is 0 Å². The summed E-state index contributed by atoms with van der Waals surface area (Å²) in [5.41, 5.74) is 12.3. The summed E-state index contributed by atoms with van der Waals surface area (Å²) in [7, 11) is -0.503. The van der Waals surface area contributed by atoms with Crippen molar-refractivity contribution >= 4 is 26.1 Å². The highest BCUT2D eigenvalue weighted by atomic mass is 32.1. The van der Waals surface area contributed by atoms with Crippen molar-refractivity contribution in [2.24, 2.45) is 0 Å². The molecule has 0 aromatic heterocycles. The quantitative estimate of drug-likeness (QED) is 0.251. The van der Waals surface area contributed by atoms with Crippen molar-refractivity contribution in [1.82, 2.24) is 0 Å². The van der Waals surface area contributed by atoms with Gasteiger partial charge in [0.1, 0.15) is 0 Å². The average Bonchev–Trinajstić information content (AvgIpc) is 3.02. The first-order valence-electron chi connectivity index (χ1n) is 15.7. The predicted molar refractivity (Wildman–Crippen MR) is 180 cm³/mol. The van der Waals surface area contributed by atoms with Crippen LogP contribution >= 0.6 is 15.2 Å². The van der Waals surface area contributed by atoms with Crippen LogP contribution in [0.5, 0.6) is 0 Å². The number of hydrogen-bond acceptors (Lipinski definition) is 0. The van der Waals surface area contributed by atoms with Crippen molar-refractivity contribution in [3.8, 4) is 11.1 Å². The molecule has 0 N–H and O–H groups in total. The van der Waals surface area contributed by atoms with E-state index in [1.807, 2.05) is 5.66 Å². The van der Waals surface area contributed by atoms with Gasteiger partial charge in [-0.3, -0.25) is 0 Å². The Bertz CT molecular complexity index is 1310. The van der Waals surface area contributed by atoms with Crippen LogP contribution < -0.4 is 5.30 Å². The second-order valence-electron chi connectivity index (χ2n) is 12.1. The van der Waals surface area contributed by atoms with Crippen molar-refractivity contribution in [3.05, 3.63) is 113 Å². The van der Waals surface area contributed by atoms with Gasteiger partial charge in [-0.1, -0.05) is 137 Å². The van der Waals surface area contributed by atoms with Crippen LogP contribution in [-0.4, -0.2) is 11.3 Å². The van der Waals surface area contributed by atoms with Crippen LogP contribution in [0.4, 0.5) is 0 Å². The Hall–Kier alpha value is -2.00. The van der Waals surface area contributed by atoms with Crippen LogP contribution in [0.3, 0.4) is 0 Å². The summed E-state index contributed by atoms with van der Waals surface area (Å²) in [5.74, 6) is 0. The van der Waals surface area contributed by atoms with E-state index < -0.39 is 0 Å². The molecule has 40 heavy (non-hydrogen) atoms. The van der Waals surface area contributed by atoms with Crippen molar-refractivity contribution < 1.29 is 0 Å². The summed E-state index contributed by atoms with van der Waals surface area (Å²) in [5, 5.41) is 1.68. The summed E-state index contributed by atoms with van der Waals surface area (Å²) >= 11 is 0. The Morgan fingerprint density at radius 3 is 1.80 bits per heavy atom. The van der Waals surface area contributed by atoms with Gasteiger partial charge in [0.05, 0.1) is 0 Å². The molecule has 2 fully saturated rings. The smallest absolute Gasteiger partial charge is 0.0384 e. The predicted octanol–water partition coefficient (Wildman–Crippen LogP) is 11.8. The molecule has 3 aliphatic rings. The Morgan fingerprint density at radius 1 is 0.575 bits per heavy atom. The largest absolute Gasteiger partial charge is 0.0830 e. The van der Waals surface area contributed by atoms with Crippen LogP contribution in [0.25, 0.3) is 16.7 Å². The maximum absolute atomic E-state index is 2.56. The zero-order chi connectivity index (χ0) is 27.3. The van der Waals surface area contributed by atoms with E-state index in [1.54, 1.807) is 10.9 Å². The van der Waals surface area contributed by atoms with Gasteiger partial charge in [-0.2, -0.15) is 0 Å². The molecule has 2 heteroatoms. The molecular formula is C38H45P2. The highest BCUT2D eigenvalue weighted by Gasteiger charge is 2.43. The lowest BCUT2D eigenvalue weighted by atomic mass is 9.89. The molecule has 0 heterocycles. The number of aryl methyl sites for hydroxylation is 1. The van der Waals surface area contributed by atoms with E-state index in [2.05, 4.69) is 105 Å². The second-order valence-corrected chi connectivity index (χ2v) is 18.6. The minimum absolute atomic E-state index is 0.250. The van der Waals surface area contributed by atoms with Gasteiger partial charge in [0.25, 0.3) is 0 Å². The Labute approximate surface area is 245 Å². The molecule has 2 saturated carbocycles. The minimum atomic E-state index is -0.253. The van der Waals surface area contributed by atoms with E-state index in [-0.39, 0.29) is 15.2 Å². The highest BCUT2D eigenvalue weighted by molar-refractivity contribution is 8.34. The van der Waals surface area contributed by atoms with Crippen LogP contribution in [0.1, 0.15) is 88.7 Å². The molecule has 1 radical (unpaired) electrons. The molecule has 0 amide bonds. The van der Waals surface area contributed by atoms with Gasteiger partial charge >= 0.3 is 0 Å². The fourth-order valence-corrected chi connectivity index (χ4v) is 18.3. The van der Waals surface area contributed by atoms with Gasteiger partial charge in [-0.15, -0.1) is 0 Å². The van der Waals surface area contributed by atoms with Gasteiger partial charge in [-0.25, -0.2) is 0 Å². The monoisotopic (exact) mass is 563 g/mol. The summed E-state index contributed by atoms with van der Waals surface area (Å²) < 4.78 is 0. The molecular weight excluding hydrogens is 518 g/mol. The molecule has 3 aliphatic carbocycles. The number of rotatable bonds is 7. The average molecular weight is 564 g/mol. The topological polar surface area (TPSA) is 0 Å². The lowest BCUT2D eigenvalue weighted by Crippen LogP contribution is -2.23. The zero-order valence-electron chi connectivity index (χ0n) is 24.5. The first kappa shape index (κ1) is 28.1. The summed E-state index contributed by atoms with van der Waals surface area (Å²) in [6.07, 6.45) is 20.4. The Kier molecular flexibility index (Phi) is 9.37. The van der Waals surface area contributed by atoms with Crippen LogP contribution in [0.2, 0.25) is 0 Å². The number of benzene rings is 3. The third-order valence-corrected chi connectivity index (χ3v) is 18.8. The van der Waals surface area contributed by atoms with Gasteiger partial charge in [0.15, 0.2) is 0 Å². The molecule has 0 aliphatic heterocycles. The van der Waals surface area contributed by atoms with Gasteiger partial charge in [-0.05, 0) is 104 Å². The molecule has 2 atom stereocenters. The first-order chi connectivity index (χ1) is 19.7. The fraction of sp³-hybridized carbons (Fsp3) is 0.395. The highest BCUT2D eigenvalue weighted by Crippen LogP contribution is 2.83. The SMILES string of the molecule is CC1=C(c2ccccc2C)[C]([P@](C2CCCCC2)[P@](c2ccc(-c3ccccc3)cc2)C2CCCCC2)CC=C1. The third-order valence-electron chi connectivity index (χ3n) is 9.37. The first-order valence-corrected chi connectivity index (χ1v) is 19.3. The van der Waals surface area contributed by atoms with Crippen molar-refractivity contribution in [3.63, 3.8) is 0 Å².